The van der Waals surface area contributed by atoms with Gasteiger partial charge in [-0.15, -0.1) is 0 Å². The van der Waals surface area contributed by atoms with E-state index in [1.807, 2.05) is 6.07 Å². The molecule has 108 valence electrons. The van der Waals surface area contributed by atoms with Gasteiger partial charge in [0.2, 0.25) is 0 Å². The third-order valence-corrected chi connectivity index (χ3v) is 4.05. The van der Waals surface area contributed by atoms with Gasteiger partial charge in [-0.25, -0.2) is 4.79 Å². The van der Waals surface area contributed by atoms with E-state index >= 15 is 0 Å². The molecule has 2 aliphatic rings. The van der Waals surface area contributed by atoms with E-state index in [-0.39, 0.29) is 12.1 Å². The molecule has 0 saturated carbocycles. The zero-order chi connectivity index (χ0) is 13.9. The summed E-state index contributed by atoms with van der Waals surface area (Å²) in [7, 11) is 0. The standard InChI is InChI=1S/C15H21N3O2/c16-14-3-1-2-11-4-5-12(10-13(11)14)20-9-8-18-7-6-17-15(18)19/h4-5,10,14H,1-3,6-9,16H2,(H,17,19)/t14-/m0/s1. The molecule has 0 aromatic heterocycles. The summed E-state index contributed by atoms with van der Waals surface area (Å²) in [6.45, 7) is 2.63. The maximum absolute atomic E-state index is 11.4. The number of urea groups is 1. The number of hydrogen-bond acceptors (Lipinski definition) is 3. The van der Waals surface area contributed by atoms with Crippen LogP contribution < -0.4 is 15.8 Å². The molecule has 1 aromatic carbocycles. The molecular formula is C15H21N3O2. The third-order valence-electron chi connectivity index (χ3n) is 4.05. The van der Waals surface area contributed by atoms with Crippen molar-refractivity contribution in [1.29, 1.82) is 0 Å². The Bertz CT molecular complexity index is 504. The van der Waals surface area contributed by atoms with E-state index < -0.39 is 0 Å². The van der Waals surface area contributed by atoms with E-state index in [1.54, 1.807) is 4.90 Å². The SMILES string of the molecule is N[C@H]1CCCc2ccc(OCCN3CCNC3=O)cc21. The van der Waals surface area contributed by atoms with Crippen molar-refractivity contribution < 1.29 is 9.53 Å². The molecule has 0 unspecified atom stereocenters. The van der Waals surface area contributed by atoms with Crippen LogP contribution in [0.2, 0.25) is 0 Å². The van der Waals surface area contributed by atoms with E-state index in [1.165, 1.54) is 17.5 Å². The molecule has 2 amide bonds. The molecule has 1 aromatic rings. The van der Waals surface area contributed by atoms with Crippen molar-refractivity contribution in [3.63, 3.8) is 0 Å². The molecule has 0 radical (unpaired) electrons. The van der Waals surface area contributed by atoms with Crippen molar-refractivity contribution >= 4 is 6.03 Å². The van der Waals surface area contributed by atoms with Crippen LogP contribution in [-0.4, -0.2) is 37.2 Å². The first-order valence-corrected chi connectivity index (χ1v) is 7.28. The van der Waals surface area contributed by atoms with Crippen LogP contribution in [0.5, 0.6) is 5.75 Å². The zero-order valence-electron chi connectivity index (χ0n) is 11.6. The summed E-state index contributed by atoms with van der Waals surface area (Å²) < 4.78 is 5.75. The van der Waals surface area contributed by atoms with Gasteiger partial charge in [0, 0.05) is 19.1 Å². The van der Waals surface area contributed by atoms with Crippen LogP contribution in [0.3, 0.4) is 0 Å². The van der Waals surface area contributed by atoms with Crippen molar-refractivity contribution in [3.8, 4) is 5.75 Å². The van der Waals surface area contributed by atoms with Gasteiger partial charge in [0.15, 0.2) is 0 Å². The molecular weight excluding hydrogens is 254 g/mol. The first-order valence-electron chi connectivity index (χ1n) is 7.28. The van der Waals surface area contributed by atoms with Crippen LogP contribution in [-0.2, 0) is 6.42 Å². The highest BCUT2D eigenvalue weighted by molar-refractivity contribution is 5.76. The fourth-order valence-electron chi connectivity index (χ4n) is 2.90. The minimum atomic E-state index is 0.000984. The summed E-state index contributed by atoms with van der Waals surface area (Å²) >= 11 is 0. The van der Waals surface area contributed by atoms with Gasteiger partial charge in [-0.2, -0.15) is 0 Å². The van der Waals surface area contributed by atoms with E-state index in [0.29, 0.717) is 13.2 Å². The highest BCUT2D eigenvalue weighted by Crippen LogP contribution is 2.30. The Kier molecular flexibility index (Phi) is 3.78. The van der Waals surface area contributed by atoms with E-state index in [9.17, 15) is 4.79 Å². The molecule has 5 nitrogen and oxygen atoms in total. The van der Waals surface area contributed by atoms with Gasteiger partial charge >= 0.3 is 6.03 Å². The number of carbonyl (C=O) groups is 1. The Morgan fingerprint density at radius 2 is 2.35 bits per heavy atom. The van der Waals surface area contributed by atoms with Gasteiger partial charge in [-0.1, -0.05) is 6.07 Å². The number of carbonyl (C=O) groups excluding carboxylic acids is 1. The molecule has 1 aliphatic carbocycles. The van der Waals surface area contributed by atoms with Gasteiger partial charge in [0.1, 0.15) is 12.4 Å². The monoisotopic (exact) mass is 275 g/mol. The summed E-state index contributed by atoms with van der Waals surface area (Å²) in [6.07, 6.45) is 3.32. The van der Waals surface area contributed by atoms with Crippen molar-refractivity contribution in [2.75, 3.05) is 26.2 Å². The van der Waals surface area contributed by atoms with Gasteiger partial charge in [-0.3, -0.25) is 0 Å². The molecule has 1 aliphatic heterocycles. The van der Waals surface area contributed by atoms with Crippen molar-refractivity contribution in [2.45, 2.75) is 25.3 Å². The largest absolute Gasteiger partial charge is 0.492 e. The summed E-state index contributed by atoms with van der Waals surface area (Å²) in [4.78, 5) is 13.2. The summed E-state index contributed by atoms with van der Waals surface area (Å²) in [5.74, 6) is 0.848. The number of aryl methyl sites for hydroxylation is 1. The number of hydrogen-bond donors (Lipinski definition) is 2. The first-order chi connectivity index (χ1) is 9.74. The Labute approximate surface area is 119 Å². The average molecular weight is 275 g/mol. The fourth-order valence-corrected chi connectivity index (χ4v) is 2.90. The second kappa shape index (κ2) is 5.71. The minimum absolute atomic E-state index is 0.000984. The molecule has 3 rings (SSSR count). The zero-order valence-corrected chi connectivity index (χ0v) is 11.6. The quantitative estimate of drug-likeness (QED) is 0.873. The summed E-state index contributed by atoms with van der Waals surface area (Å²) in [5.41, 5.74) is 8.70. The Morgan fingerprint density at radius 3 is 3.15 bits per heavy atom. The predicted octanol–water partition coefficient (Wildman–Crippen LogP) is 1.43. The molecule has 5 heteroatoms. The van der Waals surface area contributed by atoms with Crippen LogP contribution >= 0.6 is 0 Å². The maximum Gasteiger partial charge on any atom is 0.317 e. The molecule has 1 saturated heterocycles. The summed E-state index contributed by atoms with van der Waals surface area (Å²) in [6, 6.07) is 6.31. The van der Waals surface area contributed by atoms with Crippen LogP contribution in [0, 0.1) is 0 Å². The number of amides is 2. The number of nitrogens with two attached hydrogens (primary N) is 1. The Hall–Kier alpha value is -1.75. The molecule has 20 heavy (non-hydrogen) atoms. The lowest BCUT2D eigenvalue weighted by Crippen LogP contribution is -2.31. The molecule has 1 atom stereocenters. The molecule has 1 fully saturated rings. The topological polar surface area (TPSA) is 67.6 Å². The molecule has 1 heterocycles. The normalized spacial score (nSPS) is 21.6. The van der Waals surface area contributed by atoms with E-state index in [4.69, 9.17) is 10.5 Å². The van der Waals surface area contributed by atoms with Gasteiger partial charge in [0.05, 0.1) is 6.54 Å². The first kappa shape index (κ1) is 13.2. The number of nitrogens with zero attached hydrogens (tertiary/aromatic N) is 1. The lowest BCUT2D eigenvalue weighted by Gasteiger charge is -2.23. The van der Waals surface area contributed by atoms with Crippen LogP contribution in [0.25, 0.3) is 0 Å². The lowest BCUT2D eigenvalue weighted by atomic mass is 9.88. The highest BCUT2D eigenvalue weighted by Gasteiger charge is 2.19. The fraction of sp³-hybridized carbons (Fsp3) is 0.533. The molecule has 0 bridgehead atoms. The minimum Gasteiger partial charge on any atom is -0.492 e. The maximum atomic E-state index is 11.4. The van der Waals surface area contributed by atoms with Crippen LogP contribution in [0.15, 0.2) is 18.2 Å². The number of nitrogens with one attached hydrogen (secondary N) is 1. The predicted molar refractivity (Wildman–Crippen MR) is 76.8 cm³/mol. The van der Waals surface area contributed by atoms with Gasteiger partial charge in [-0.05, 0) is 42.5 Å². The number of benzene rings is 1. The van der Waals surface area contributed by atoms with Gasteiger partial charge < -0.3 is 20.7 Å². The number of fused-ring (bicyclic) bond motifs is 1. The smallest absolute Gasteiger partial charge is 0.317 e. The van der Waals surface area contributed by atoms with Crippen molar-refractivity contribution in [2.24, 2.45) is 5.73 Å². The number of ether oxygens (including phenoxy) is 1. The average Bonchev–Trinajstić information content (AvgIpc) is 2.85. The Morgan fingerprint density at radius 1 is 1.45 bits per heavy atom. The number of rotatable bonds is 4. The van der Waals surface area contributed by atoms with E-state index in [2.05, 4.69) is 17.4 Å². The van der Waals surface area contributed by atoms with Crippen molar-refractivity contribution in [1.82, 2.24) is 10.2 Å². The van der Waals surface area contributed by atoms with Crippen molar-refractivity contribution in [3.05, 3.63) is 29.3 Å². The second-order valence-electron chi connectivity index (χ2n) is 5.43. The third kappa shape index (κ3) is 2.72. The highest BCUT2D eigenvalue weighted by atomic mass is 16.5. The Balaban J connectivity index is 1.58. The van der Waals surface area contributed by atoms with Gasteiger partial charge in [0.25, 0.3) is 0 Å². The molecule has 3 N–H and O–H groups in total. The van der Waals surface area contributed by atoms with E-state index in [0.717, 1.165) is 31.7 Å². The van der Waals surface area contributed by atoms with Crippen LogP contribution in [0.4, 0.5) is 4.79 Å². The second-order valence-corrected chi connectivity index (χ2v) is 5.43. The van der Waals surface area contributed by atoms with Crippen LogP contribution in [0.1, 0.15) is 30.0 Å². The summed E-state index contributed by atoms with van der Waals surface area (Å²) in [5, 5.41) is 2.78. The lowest BCUT2D eigenvalue weighted by molar-refractivity contribution is 0.202. The molecule has 0 spiro atoms.